The van der Waals surface area contributed by atoms with Crippen molar-refractivity contribution in [3.05, 3.63) is 47.4 Å². The van der Waals surface area contributed by atoms with E-state index in [1.54, 1.807) is 7.05 Å². The Hall–Kier alpha value is -2.76. The molecule has 4 heterocycles. The number of likely N-dealkylation sites (tertiary alicyclic amines) is 2. The summed E-state index contributed by atoms with van der Waals surface area (Å²) in [7, 11) is -1.48. The maximum atomic E-state index is 13.4. The number of hydrogen-bond donors (Lipinski definition) is 1. The Morgan fingerprint density at radius 2 is 1.82 bits per heavy atom. The number of ether oxygens (including phenoxy) is 1. The van der Waals surface area contributed by atoms with Crippen molar-refractivity contribution in [3.8, 4) is 5.75 Å². The van der Waals surface area contributed by atoms with Gasteiger partial charge in [-0.2, -0.15) is 0 Å². The first-order valence-corrected chi connectivity index (χ1v) is 15.8. The molecular formula is C28H40N6O4S. The van der Waals surface area contributed by atoms with Crippen LogP contribution in [0.15, 0.2) is 30.6 Å². The third-order valence-electron chi connectivity index (χ3n) is 8.61. The minimum absolute atomic E-state index is 0.0418. The van der Waals surface area contributed by atoms with Crippen LogP contribution in [-0.4, -0.2) is 103 Å². The monoisotopic (exact) mass is 556 g/mol. The summed E-state index contributed by atoms with van der Waals surface area (Å²) in [5.74, 6) is 1.95. The van der Waals surface area contributed by atoms with E-state index in [0.717, 1.165) is 56.5 Å². The van der Waals surface area contributed by atoms with Crippen molar-refractivity contribution < 1.29 is 17.9 Å². The molecular weight excluding hydrogens is 516 g/mol. The van der Waals surface area contributed by atoms with Gasteiger partial charge in [-0.15, -0.1) is 0 Å². The van der Waals surface area contributed by atoms with Crippen molar-refractivity contribution >= 4 is 21.7 Å². The molecule has 5 rings (SSSR count). The van der Waals surface area contributed by atoms with Crippen LogP contribution in [0, 0.1) is 12.8 Å². The molecule has 3 aliphatic heterocycles. The fourth-order valence-electron chi connectivity index (χ4n) is 6.08. The molecule has 2 saturated heterocycles. The standard InChI is InChI=1S/C28H40N6O4S/c1-20-26(30-19-31-27(20)29-17-21-16-22-6-4-5-7-25(22)38-18-21)28(35)34-14-10-24(11-15-34)33-12-8-23(9-13-33)32(2)39(3,36)37/h4-7,19,21,23-24H,8-18H2,1-3H3,(H,29,30,31). The minimum Gasteiger partial charge on any atom is -0.493 e. The number of piperidine rings is 2. The van der Waals surface area contributed by atoms with Crippen LogP contribution in [0.3, 0.4) is 0 Å². The van der Waals surface area contributed by atoms with Crippen LogP contribution in [-0.2, 0) is 16.4 Å². The minimum atomic E-state index is -3.16. The van der Waals surface area contributed by atoms with E-state index in [9.17, 15) is 13.2 Å². The van der Waals surface area contributed by atoms with E-state index in [-0.39, 0.29) is 11.9 Å². The van der Waals surface area contributed by atoms with Gasteiger partial charge in [-0.3, -0.25) is 4.79 Å². The van der Waals surface area contributed by atoms with Gasteiger partial charge < -0.3 is 19.9 Å². The number of amides is 1. The lowest BCUT2D eigenvalue weighted by molar-refractivity contribution is 0.0542. The van der Waals surface area contributed by atoms with E-state index in [2.05, 4.69) is 26.3 Å². The van der Waals surface area contributed by atoms with E-state index >= 15 is 0 Å². The summed E-state index contributed by atoms with van der Waals surface area (Å²) < 4.78 is 31.2. The first-order valence-electron chi connectivity index (χ1n) is 13.9. The van der Waals surface area contributed by atoms with Crippen molar-refractivity contribution in [1.82, 2.24) is 24.1 Å². The molecule has 0 saturated carbocycles. The lowest BCUT2D eigenvalue weighted by atomic mass is 9.96. The zero-order valence-corrected chi connectivity index (χ0v) is 24.0. The third kappa shape index (κ3) is 6.36. The van der Waals surface area contributed by atoms with E-state index in [0.29, 0.717) is 49.7 Å². The number of benzene rings is 1. The van der Waals surface area contributed by atoms with Gasteiger partial charge in [0.15, 0.2) is 0 Å². The van der Waals surface area contributed by atoms with Crippen molar-refractivity contribution in [2.75, 3.05) is 58.0 Å². The van der Waals surface area contributed by atoms with E-state index < -0.39 is 10.0 Å². The molecule has 1 unspecified atom stereocenters. The molecule has 0 spiro atoms. The number of aromatic nitrogens is 2. The topological polar surface area (TPSA) is 108 Å². The number of nitrogens with one attached hydrogen (secondary N) is 1. The summed E-state index contributed by atoms with van der Waals surface area (Å²) in [6.45, 7) is 6.44. The lowest BCUT2D eigenvalue weighted by Crippen LogP contribution is -2.52. The van der Waals surface area contributed by atoms with E-state index in [1.165, 1.54) is 22.5 Å². The molecule has 1 aromatic carbocycles. The Morgan fingerprint density at radius 1 is 1.10 bits per heavy atom. The van der Waals surface area contributed by atoms with Crippen LogP contribution in [0.5, 0.6) is 5.75 Å². The highest BCUT2D eigenvalue weighted by molar-refractivity contribution is 7.88. The van der Waals surface area contributed by atoms with Gasteiger partial charge in [-0.05, 0) is 63.7 Å². The summed E-state index contributed by atoms with van der Waals surface area (Å²) in [6.07, 6.45) is 7.21. The Morgan fingerprint density at radius 3 is 2.54 bits per heavy atom. The molecule has 0 bridgehead atoms. The number of anilines is 1. The molecule has 10 nitrogen and oxygen atoms in total. The SMILES string of the molecule is Cc1c(NCC2COc3ccccc3C2)ncnc1C(=O)N1CCC(N2CCC(N(C)S(C)(=O)=O)CC2)CC1. The van der Waals surface area contributed by atoms with Crippen LogP contribution in [0.4, 0.5) is 5.82 Å². The molecule has 1 N–H and O–H groups in total. The molecule has 212 valence electrons. The second-order valence-electron chi connectivity index (χ2n) is 11.1. The Balaban J connectivity index is 1.12. The Labute approximate surface area is 231 Å². The maximum Gasteiger partial charge on any atom is 0.272 e. The summed E-state index contributed by atoms with van der Waals surface area (Å²) >= 11 is 0. The van der Waals surface area contributed by atoms with Crippen LogP contribution in [0.1, 0.15) is 47.3 Å². The van der Waals surface area contributed by atoms with E-state index in [4.69, 9.17) is 4.74 Å². The fourth-order valence-corrected chi connectivity index (χ4v) is 6.83. The van der Waals surface area contributed by atoms with Gasteiger partial charge >= 0.3 is 0 Å². The molecule has 11 heteroatoms. The Kier molecular flexibility index (Phi) is 8.39. The highest BCUT2D eigenvalue weighted by Crippen LogP contribution is 2.28. The normalized spacial score (nSPS) is 21.4. The van der Waals surface area contributed by atoms with Crippen molar-refractivity contribution in [3.63, 3.8) is 0 Å². The van der Waals surface area contributed by atoms with Crippen LogP contribution in [0.25, 0.3) is 0 Å². The number of rotatable bonds is 7. The van der Waals surface area contributed by atoms with Gasteiger partial charge in [0.2, 0.25) is 10.0 Å². The predicted octanol–water partition coefficient (Wildman–Crippen LogP) is 2.41. The number of para-hydroxylation sites is 1. The molecule has 3 aliphatic rings. The number of hydrogen-bond acceptors (Lipinski definition) is 8. The van der Waals surface area contributed by atoms with Gasteiger partial charge in [0.25, 0.3) is 5.91 Å². The molecule has 0 radical (unpaired) electrons. The summed E-state index contributed by atoms with van der Waals surface area (Å²) in [4.78, 5) is 26.6. The number of carbonyl (C=O) groups is 1. The molecule has 1 amide bonds. The summed E-state index contributed by atoms with van der Waals surface area (Å²) in [6, 6.07) is 8.64. The Bertz CT molecular complexity index is 1270. The number of carbonyl (C=O) groups excluding carboxylic acids is 1. The molecule has 1 atom stereocenters. The second-order valence-corrected chi connectivity index (χ2v) is 13.2. The van der Waals surface area contributed by atoms with Crippen LogP contribution < -0.4 is 10.1 Å². The number of fused-ring (bicyclic) bond motifs is 1. The summed E-state index contributed by atoms with van der Waals surface area (Å²) in [5.41, 5.74) is 2.46. The highest BCUT2D eigenvalue weighted by atomic mass is 32.2. The highest BCUT2D eigenvalue weighted by Gasteiger charge is 2.33. The fraction of sp³-hybridized carbons (Fsp3) is 0.607. The predicted molar refractivity (Wildman–Crippen MR) is 151 cm³/mol. The number of nitrogens with zero attached hydrogens (tertiary/aromatic N) is 5. The average molecular weight is 557 g/mol. The molecule has 39 heavy (non-hydrogen) atoms. The van der Waals surface area contributed by atoms with Crippen LogP contribution in [0.2, 0.25) is 0 Å². The molecule has 0 aliphatic carbocycles. The molecule has 2 aromatic rings. The first-order chi connectivity index (χ1) is 18.7. The van der Waals surface area contributed by atoms with Crippen molar-refractivity contribution in [2.24, 2.45) is 5.92 Å². The summed E-state index contributed by atoms with van der Waals surface area (Å²) in [5, 5.41) is 3.43. The van der Waals surface area contributed by atoms with Crippen molar-refractivity contribution in [2.45, 2.75) is 51.1 Å². The van der Waals surface area contributed by atoms with Crippen LogP contribution >= 0.6 is 0 Å². The number of sulfonamides is 1. The lowest BCUT2D eigenvalue weighted by Gasteiger charge is -2.43. The molecule has 2 fully saturated rings. The second kappa shape index (κ2) is 11.8. The van der Waals surface area contributed by atoms with Gasteiger partial charge in [-0.1, -0.05) is 18.2 Å². The third-order valence-corrected chi connectivity index (χ3v) is 9.95. The van der Waals surface area contributed by atoms with Gasteiger partial charge in [0, 0.05) is 50.2 Å². The largest absolute Gasteiger partial charge is 0.493 e. The average Bonchev–Trinajstić information content (AvgIpc) is 2.95. The smallest absolute Gasteiger partial charge is 0.272 e. The van der Waals surface area contributed by atoms with E-state index in [1.807, 2.05) is 30.0 Å². The van der Waals surface area contributed by atoms with Gasteiger partial charge in [-0.25, -0.2) is 22.7 Å². The van der Waals surface area contributed by atoms with Gasteiger partial charge in [0.05, 0.1) is 12.9 Å². The quantitative estimate of drug-likeness (QED) is 0.554. The maximum absolute atomic E-state index is 13.4. The molecule has 1 aromatic heterocycles. The zero-order valence-electron chi connectivity index (χ0n) is 23.2. The van der Waals surface area contributed by atoms with Gasteiger partial charge in [0.1, 0.15) is 23.6 Å². The first kappa shape index (κ1) is 27.8. The van der Waals surface area contributed by atoms with Crippen molar-refractivity contribution in [1.29, 1.82) is 0 Å². The zero-order chi connectivity index (χ0) is 27.6.